The zero-order chi connectivity index (χ0) is 15.9. The molecule has 0 radical (unpaired) electrons. The average Bonchev–Trinajstić information content (AvgIpc) is 2.53. The summed E-state index contributed by atoms with van der Waals surface area (Å²) in [4.78, 5) is 4.39. The number of hydrogen-bond donors (Lipinski definition) is 2. The van der Waals surface area contributed by atoms with E-state index in [2.05, 4.69) is 29.4 Å². The summed E-state index contributed by atoms with van der Waals surface area (Å²) in [6.07, 6.45) is 0.993. The van der Waals surface area contributed by atoms with E-state index in [1.54, 1.807) is 7.11 Å². The molecule has 0 aliphatic carbocycles. The predicted octanol–water partition coefficient (Wildman–Crippen LogP) is 3.49. The Bertz CT molecular complexity index is 665. The van der Waals surface area contributed by atoms with Crippen molar-refractivity contribution in [1.82, 2.24) is 0 Å². The molecule has 4 nitrogen and oxygen atoms in total. The Hall–Kier alpha value is -2.49. The lowest BCUT2D eigenvalue weighted by atomic mass is 10.1. The van der Waals surface area contributed by atoms with Crippen molar-refractivity contribution in [3.63, 3.8) is 0 Å². The molecule has 0 heterocycles. The standard InChI is InChI=1S/C18H23N3O/c1-4-14-6-5-7-16(11-14)21-18(19)20-12-15-9-8-13(2)10-17(15)22-3/h5-11H,4,12H2,1-3H3,(H3,19,20,21). The molecular formula is C18H23N3O. The van der Waals surface area contributed by atoms with Crippen LogP contribution in [0.1, 0.15) is 23.6 Å². The van der Waals surface area contributed by atoms with Crippen LogP contribution in [-0.2, 0) is 13.0 Å². The number of benzene rings is 2. The van der Waals surface area contributed by atoms with Crippen molar-refractivity contribution in [2.75, 3.05) is 12.4 Å². The normalized spacial score (nSPS) is 11.3. The number of aliphatic imine (C=N–C) groups is 1. The summed E-state index contributed by atoms with van der Waals surface area (Å²) in [6, 6.07) is 14.2. The van der Waals surface area contributed by atoms with Crippen molar-refractivity contribution in [2.24, 2.45) is 10.7 Å². The van der Waals surface area contributed by atoms with Crippen LogP contribution in [0.25, 0.3) is 0 Å². The van der Waals surface area contributed by atoms with Gasteiger partial charge in [0.05, 0.1) is 13.7 Å². The molecule has 2 rings (SSSR count). The summed E-state index contributed by atoms with van der Waals surface area (Å²) in [5, 5.41) is 3.12. The van der Waals surface area contributed by atoms with Crippen molar-refractivity contribution < 1.29 is 4.74 Å². The van der Waals surface area contributed by atoms with Crippen molar-refractivity contribution in [3.8, 4) is 5.75 Å². The van der Waals surface area contributed by atoms with Crippen LogP contribution in [-0.4, -0.2) is 13.1 Å². The van der Waals surface area contributed by atoms with Gasteiger partial charge >= 0.3 is 0 Å². The van der Waals surface area contributed by atoms with Crippen LogP contribution in [0, 0.1) is 6.92 Å². The zero-order valence-corrected chi connectivity index (χ0v) is 13.4. The minimum absolute atomic E-state index is 0.399. The molecule has 0 amide bonds. The van der Waals surface area contributed by atoms with Gasteiger partial charge in [0.25, 0.3) is 0 Å². The minimum atomic E-state index is 0.399. The largest absolute Gasteiger partial charge is 0.496 e. The Labute approximate surface area is 132 Å². The first-order valence-corrected chi connectivity index (χ1v) is 7.41. The van der Waals surface area contributed by atoms with Crippen LogP contribution in [0.3, 0.4) is 0 Å². The topological polar surface area (TPSA) is 59.6 Å². The molecule has 22 heavy (non-hydrogen) atoms. The Kier molecular flexibility index (Phi) is 5.42. The molecule has 0 saturated heterocycles. The van der Waals surface area contributed by atoms with Gasteiger partial charge in [-0.05, 0) is 42.7 Å². The van der Waals surface area contributed by atoms with Gasteiger partial charge in [-0.1, -0.05) is 31.2 Å². The third-order valence-electron chi connectivity index (χ3n) is 3.47. The molecule has 0 bridgehead atoms. The average molecular weight is 297 g/mol. The van der Waals surface area contributed by atoms with E-state index < -0.39 is 0 Å². The molecular weight excluding hydrogens is 274 g/mol. The fraction of sp³-hybridized carbons (Fsp3) is 0.278. The molecule has 4 heteroatoms. The fourth-order valence-corrected chi connectivity index (χ4v) is 2.21. The van der Waals surface area contributed by atoms with E-state index in [1.807, 2.05) is 37.3 Å². The number of methoxy groups -OCH3 is 1. The van der Waals surface area contributed by atoms with Crippen molar-refractivity contribution in [1.29, 1.82) is 0 Å². The van der Waals surface area contributed by atoms with Gasteiger partial charge in [0.2, 0.25) is 0 Å². The zero-order valence-electron chi connectivity index (χ0n) is 13.4. The molecule has 0 saturated carbocycles. The number of nitrogens with one attached hydrogen (secondary N) is 1. The third kappa shape index (κ3) is 4.25. The SMILES string of the molecule is CCc1cccc(NC(N)=NCc2ccc(C)cc2OC)c1. The number of hydrogen-bond acceptors (Lipinski definition) is 2. The Morgan fingerprint density at radius 2 is 2.05 bits per heavy atom. The quantitative estimate of drug-likeness (QED) is 0.656. The summed E-state index contributed by atoms with van der Waals surface area (Å²) >= 11 is 0. The first-order valence-electron chi connectivity index (χ1n) is 7.41. The van der Waals surface area contributed by atoms with E-state index >= 15 is 0 Å². The maximum Gasteiger partial charge on any atom is 0.193 e. The highest BCUT2D eigenvalue weighted by molar-refractivity contribution is 5.92. The first-order chi connectivity index (χ1) is 10.6. The van der Waals surface area contributed by atoms with E-state index in [-0.39, 0.29) is 0 Å². The van der Waals surface area contributed by atoms with Gasteiger partial charge in [-0.15, -0.1) is 0 Å². The molecule has 0 atom stereocenters. The summed E-state index contributed by atoms with van der Waals surface area (Å²) in [6.45, 7) is 4.64. The summed E-state index contributed by atoms with van der Waals surface area (Å²) in [5.74, 6) is 1.24. The van der Waals surface area contributed by atoms with Crippen molar-refractivity contribution in [3.05, 3.63) is 59.2 Å². The van der Waals surface area contributed by atoms with E-state index in [1.165, 1.54) is 5.56 Å². The van der Waals surface area contributed by atoms with Crippen LogP contribution >= 0.6 is 0 Å². The Morgan fingerprint density at radius 3 is 2.77 bits per heavy atom. The number of nitrogens with two attached hydrogens (primary N) is 1. The molecule has 0 aromatic heterocycles. The highest BCUT2D eigenvalue weighted by Crippen LogP contribution is 2.20. The van der Waals surface area contributed by atoms with Crippen LogP contribution < -0.4 is 15.8 Å². The van der Waals surface area contributed by atoms with Crippen LogP contribution in [0.15, 0.2) is 47.5 Å². The maximum atomic E-state index is 5.96. The lowest BCUT2D eigenvalue weighted by Gasteiger charge is -2.09. The molecule has 0 aliphatic rings. The van der Waals surface area contributed by atoms with E-state index in [0.717, 1.165) is 29.0 Å². The van der Waals surface area contributed by atoms with Gasteiger partial charge in [0.1, 0.15) is 5.75 Å². The molecule has 2 aromatic rings. The Morgan fingerprint density at radius 1 is 1.23 bits per heavy atom. The lowest BCUT2D eigenvalue weighted by Crippen LogP contribution is -2.22. The van der Waals surface area contributed by atoms with Gasteiger partial charge in [-0.2, -0.15) is 0 Å². The number of aryl methyl sites for hydroxylation is 2. The summed E-state index contributed by atoms with van der Waals surface area (Å²) in [5.41, 5.74) is 10.4. The van der Waals surface area contributed by atoms with E-state index in [9.17, 15) is 0 Å². The van der Waals surface area contributed by atoms with Crippen LogP contribution in [0.5, 0.6) is 5.75 Å². The fourth-order valence-electron chi connectivity index (χ4n) is 2.21. The molecule has 116 valence electrons. The number of rotatable bonds is 5. The molecule has 3 N–H and O–H groups in total. The minimum Gasteiger partial charge on any atom is -0.496 e. The number of ether oxygens (including phenoxy) is 1. The van der Waals surface area contributed by atoms with Crippen molar-refractivity contribution >= 4 is 11.6 Å². The monoisotopic (exact) mass is 297 g/mol. The number of guanidine groups is 1. The highest BCUT2D eigenvalue weighted by atomic mass is 16.5. The number of anilines is 1. The second kappa shape index (κ2) is 7.50. The number of nitrogens with zero attached hydrogens (tertiary/aromatic N) is 1. The van der Waals surface area contributed by atoms with E-state index in [0.29, 0.717) is 12.5 Å². The highest BCUT2D eigenvalue weighted by Gasteiger charge is 2.03. The summed E-state index contributed by atoms with van der Waals surface area (Å²) in [7, 11) is 1.67. The molecule has 0 fully saturated rings. The van der Waals surface area contributed by atoms with Gasteiger partial charge in [0.15, 0.2) is 5.96 Å². The van der Waals surface area contributed by atoms with Gasteiger partial charge in [0, 0.05) is 11.3 Å². The second-order valence-electron chi connectivity index (χ2n) is 5.20. The smallest absolute Gasteiger partial charge is 0.193 e. The molecule has 0 unspecified atom stereocenters. The van der Waals surface area contributed by atoms with Crippen LogP contribution in [0.4, 0.5) is 5.69 Å². The van der Waals surface area contributed by atoms with Gasteiger partial charge < -0.3 is 15.8 Å². The second-order valence-corrected chi connectivity index (χ2v) is 5.20. The molecule has 2 aromatic carbocycles. The van der Waals surface area contributed by atoms with Gasteiger partial charge in [-0.25, -0.2) is 4.99 Å². The van der Waals surface area contributed by atoms with Crippen LogP contribution in [0.2, 0.25) is 0 Å². The molecule has 0 aliphatic heterocycles. The summed E-state index contributed by atoms with van der Waals surface area (Å²) < 4.78 is 5.38. The van der Waals surface area contributed by atoms with Crippen molar-refractivity contribution in [2.45, 2.75) is 26.8 Å². The van der Waals surface area contributed by atoms with Gasteiger partial charge in [-0.3, -0.25) is 0 Å². The third-order valence-corrected chi connectivity index (χ3v) is 3.47. The first kappa shape index (κ1) is 15.9. The maximum absolute atomic E-state index is 5.96. The lowest BCUT2D eigenvalue weighted by molar-refractivity contribution is 0.409. The Balaban J connectivity index is 2.06. The predicted molar refractivity (Wildman–Crippen MR) is 92.5 cm³/mol. The van der Waals surface area contributed by atoms with E-state index in [4.69, 9.17) is 10.5 Å². The molecule has 0 spiro atoms.